The Morgan fingerprint density at radius 1 is 1.22 bits per heavy atom. The third-order valence-corrected chi connectivity index (χ3v) is 3.43. The summed E-state index contributed by atoms with van der Waals surface area (Å²) < 4.78 is 0. The summed E-state index contributed by atoms with van der Waals surface area (Å²) in [6.07, 6.45) is 0. The van der Waals surface area contributed by atoms with Crippen molar-refractivity contribution in [3.8, 4) is 0 Å². The standard InChI is InChI=1S/C13H9ClN2O2/c1-2-16-11-9(14)12(17)8-6-4-3-5-7(8)10(11)15-13(16)18/h3-6H,2H2,1H3. The number of aliphatic imine (C=N–C) groups is 1. The second-order valence-electron chi connectivity index (χ2n) is 4.02. The Hall–Kier alpha value is -1.94. The number of allylic oxidation sites excluding steroid dienone is 2. The number of hydrogen-bond donors (Lipinski definition) is 0. The number of hydrogen-bond acceptors (Lipinski definition) is 2. The van der Waals surface area contributed by atoms with E-state index in [1.165, 1.54) is 4.90 Å². The van der Waals surface area contributed by atoms with Gasteiger partial charge in [-0.1, -0.05) is 35.9 Å². The van der Waals surface area contributed by atoms with Crippen LogP contribution in [0.3, 0.4) is 0 Å². The molecule has 1 aliphatic carbocycles. The van der Waals surface area contributed by atoms with Gasteiger partial charge in [-0.3, -0.25) is 9.69 Å². The number of carbonyl (C=O) groups is 2. The summed E-state index contributed by atoms with van der Waals surface area (Å²) in [5, 5.41) is 0.0696. The highest BCUT2D eigenvalue weighted by atomic mass is 35.5. The van der Waals surface area contributed by atoms with Crippen molar-refractivity contribution in [2.45, 2.75) is 6.92 Å². The van der Waals surface area contributed by atoms with E-state index in [4.69, 9.17) is 11.6 Å². The number of amides is 2. The summed E-state index contributed by atoms with van der Waals surface area (Å²) >= 11 is 6.09. The molecule has 0 radical (unpaired) electrons. The molecule has 4 nitrogen and oxygen atoms in total. The van der Waals surface area contributed by atoms with Crippen molar-refractivity contribution < 1.29 is 9.59 Å². The van der Waals surface area contributed by atoms with Gasteiger partial charge in [-0.2, -0.15) is 4.99 Å². The Balaban J connectivity index is 2.30. The topological polar surface area (TPSA) is 49.7 Å². The van der Waals surface area contributed by atoms with Gasteiger partial charge in [-0.15, -0.1) is 0 Å². The predicted molar refractivity (Wildman–Crippen MR) is 68.0 cm³/mol. The number of ketones is 1. The van der Waals surface area contributed by atoms with Crippen molar-refractivity contribution in [1.82, 2.24) is 4.90 Å². The van der Waals surface area contributed by atoms with E-state index >= 15 is 0 Å². The highest BCUT2D eigenvalue weighted by molar-refractivity contribution is 6.51. The Kier molecular flexibility index (Phi) is 2.35. The summed E-state index contributed by atoms with van der Waals surface area (Å²) in [5.74, 6) is -0.255. The maximum Gasteiger partial charge on any atom is 0.348 e. The normalized spacial score (nSPS) is 17.9. The number of Topliss-reactive ketones (excluding diaryl/α,β-unsaturated/α-hetero) is 1. The van der Waals surface area contributed by atoms with Crippen LogP contribution in [-0.4, -0.2) is 29.0 Å². The molecule has 0 N–H and O–H groups in total. The molecule has 0 atom stereocenters. The van der Waals surface area contributed by atoms with Crippen LogP contribution in [-0.2, 0) is 0 Å². The zero-order chi connectivity index (χ0) is 12.9. The Morgan fingerprint density at radius 3 is 2.56 bits per heavy atom. The van der Waals surface area contributed by atoms with Gasteiger partial charge in [0.05, 0.1) is 5.70 Å². The van der Waals surface area contributed by atoms with Crippen LogP contribution < -0.4 is 0 Å². The molecule has 5 heteroatoms. The van der Waals surface area contributed by atoms with Crippen LogP contribution in [0.1, 0.15) is 22.8 Å². The van der Waals surface area contributed by atoms with Crippen LogP contribution in [0.15, 0.2) is 40.0 Å². The predicted octanol–water partition coefficient (Wildman–Crippen LogP) is 2.58. The van der Waals surface area contributed by atoms with Crippen LogP contribution in [0.4, 0.5) is 4.79 Å². The molecule has 0 saturated carbocycles. The lowest BCUT2D eigenvalue weighted by molar-refractivity contribution is 0.103. The lowest BCUT2D eigenvalue weighted by Crippen LogP contribution is -2.29. The molecule has 0 fully saturated rings. The molecule has 2 amide bonds. The van der Waals surface area contributed by atoms with Gasteiger partial charge in [0.2, 0.25) is 5.78 Å². The van der Waals surface area contributed by atoms with Crippen LogP contribution in [0.5, 0.6) is 0 Å². The minimum absolute atomic E-state index is 0.0696. The first-order valence-corrected chi connectivity index (χ1v) is 5.97. The van der Waals surface area contributed by atoms with Gasteiger partial charge in [0, 0.05) is 17.7 Å². The zero-order valence-corrected chi connectivity index (χ0v) is 10.4. The van der Waals surface area contributed by atoms with Crippen molar-refractivity contribution in [3.05, 3.63) is 46.1 Å². The molecule has 0 unspecified atom stereocenters. The quantitative estimate of drug-likeness (QED) is 0.779. The molecule has 0 bridgehead atoms. The van der Waals surface area contributed by atoms with Crippen LogP contribution >= 0.6 is 11.6 Å². The maximum absolute atomic E-state index is 12.1. The SMILES string of the molecule is CCN1C(=O)N=C2C1=C(Cl)C(=O)c1ccccc12. The first-order valence-electron chi connectivity index (χ1n) is 5.59. The number of rotatable bonds is 1. The first kappa shape index (κ1) is 11.2. The van der Waals surface area contributed by atoms with Gasteiger partial charge < -0.3 is 0 Å². The van der Waals surface area contributed by atoms with Crippen LogP contribution in [0.25, 0.3) is 0 Å². The number of nitrogens with zero attached hydrogens (tertiary/aromatic N) is 2. The van der Waals surface area contributed by atoms with E-state index in [-0.39, 0.29) is 16.8 Å². The van der Waals surface area contributed by atoms with E-state index in [1.807, 2.05) is 13.0 Å². The number of urea groups is 1. The number of likely N-dealkylation sites (N-methyl/N-ethyl adjacent to an activating group) is 1. The molecule has 1 aromatic rings. The smallest absolute Gasteiger partial charge is 0.289 e. The Bertz CT molecular complexity index is 646. The fraction of sp³-hybridized carbons (Fsp3) is 0.154. The monoisotopic (exact) mass is 260 g/mol. The van der Waals surface area contributed by atoms with E-state index in [0.29, 0.717) is 29.1 Å². The largest absolute Gasteiger partial charge is 0.348 e. The molecule has 0 aromatic heterocycles. The average molecular weight is 261 g/mol. The fourth-order valence-electron chi connectivity index (χ4n) is 2.25. The van der Waals surface area contributed by atoms with E-state index < -0.39 is 0 Å². The fourth-order valence-corrected chi connectivity index (χ4v) is 2.54. The molecule has 2 aliphatic rings. The number of fused-ring (bicyclic) bond motifs is 3. The molecule has 18 heavy (non-hydrogen) atoms. The molecule has 3 rings (SSSR count). The zero-order valence-electron chi connectivity index (χ0n) is 9.61. The Labute approximate surface area is 109 Å². The first-order chi connectivity index (χ1) is 8.65. The van der Waals surface area contributed by atoms with E-state index in [2.05, 4.69) is 4.99 Å². The lowest BCUT2D eigenvalue weighted by atomic mass is 9.92. The number of carbonyl (C=O) groups excluding carboxylic acids is 2. The van der Waals surface area contributed by atoms with E-state index in [1.54, 1.807) is 18.2 Å². The highest BCUT2D eigenvalue weighted by Crippen LogP contribution is 2.34. The highest BCUT2D eigenvalue weighted by Gasteiger charge is 2.38. The van der Waals surface area contributed by atoms with Gasteiger partial charge >= 0.3 is 6.03 Å². The van der Waals surface area contributed by atoms with Crippen molar-refractivity contribution in [3.63, 3.8) is 0 Å². The minimum atomic E-state index is -0.370. The van der Waals surface area contributed by atoms with Crippen molar-refractivity contribution in [2.24, 2.45) is 4.99 Å². The molecule has 90 valence electrons. The third-order valence-electron chi connectivity index (χ3n) is 3.08. The van der Waals surface area contributed by atoms with Gasteiger partial charge in [0.15, 0.2) is 0 Å². The summed E-state index contributed by atoms with van der Waals surface area (Å²) in [6, 6.07) is 6.68. The van der Waals surface area contributed by atoms with Crippen LogP contribution in [0.2, 0.25) is 0 Å². The minimum Gasteiger partial charge on any atom is -0.289 e. The molecular formula is C13H9ClN2O2. The third kappa shape index (κ3) is 1.29. The molecular weight excluding hydrogens is 252 g/mol. The summed E-state index contributed by atoms with van der Waals surface area (Å²) in [6.45, 7) is 2.26. The van der Waals surface area contributed by atoms with Crippen LogP contribution in [0, 0.1) is 0 Å². The lowest BCUT2D eigenvalue weighted by Gasteiger charge is -2.21. The van der Waals surface area contributed by atoms with Crippen molar-refractivity contribution in [2.75, 3.05) is 6.54 Å². The van der Waals surface area contributed by atoms with Crippen molar-refractivity contribution >= 4 is 29.1 Å². The number of halogens is 1. The molecule has 1 aliphatic heterocycles. The molecule has 0 spiro atoms. The van der Waals surface area contributed by atoms with Gasteiger partial charge in [0.1, 0.15) is 10.7 Å². The summed E-state index contributed by atoms with van der Waals surface area (Å²) in [7, 11) is 0. The van der Waals surface area contributed by atoms with Gasteiger partial charge in [0.25, 0.3) is 0 Å². The molecule has 1 aromatic carbocycles. The molecule has 1 heterocycles. The van der Waals surface area contributed by atoms with Gasteiger partial charge in [-0.25, -0.2) is 4.79 Å². The second kappa shape index (κ2) is 3.78. The van der Waals surface area contributed by atoms with E-state index in [9.17, 15) is 9.59 Å². The Morgan fingerprint density at radius 2 is 1.89 bits per heavy atom. The van der Waals surface area contributed by atoms with Crippen molar-refractivity contribution in [1.29, 1.82) is 0 Å². The summed E-state index contributed by atoms with van der Waals surface area (Å²) in [5.41, 5.74) is 2.11. The number of benzene rings is 1. The average Bonchev–Trinajstić information content (AvgIpc) is 2.73. The second-order valence-corrected chi connectivity index (χ2v) is 4.40. The van der Waals surface area contributed by atoms with E-state index in [0.717, 1.165) is 0 Å². The van der Waals surface area contributed by atoms with Gasteiger partial charge in [-0.05, 0) is 6.92 Å². The summed E-state index contributed by atoms with van der Waals surface area (Å²) in [4.78, 5) is 29.3. The maximum atomic E-state index is 12.1. The molecule has 0 saturated heterocycles.